The van der Waals surface area contributed by atoms with Gasteiger partial charge in [0.2, 0.25) is 0 Å². The number of anilines is 1. The van der Waals surface area contributed by atoms with Crippen molar-refractivity contribution < 1.29 is 0 Å². The molecule has 0 N–H and O–H groups in total. The Morgan fingerprint density at radius 2 is 1.73 bits per heavy atom. The maximum Gasteiger partial charge on any atom is 0.0408 e. The van der Waals surface area contributed by atoms with E-state index in [0.717, 1.165) is 17.0 Å². The highest BCUT2D eigenvalue weighted by molar-refractivity contribution is 5.57. The summed E-state index contributed by atoms with van der Waals surface area (Å²) in [4.78, 5) is 2.00. The van der Waals surface area contributed by atoms with Crippen LogP contribution in [0.5, 0.6) is 0 Å². The van der Waals surface area contributed by atoms with Crippen molar-refractivity contribution in [2.24, 2.45) is 0 Å². The quantitative estimate of drug-likeness (QED) is 0.668. The zero-order valence-corrected chi connectivity index (χ0v) is 9.46. The molecule has 0 atom stereocenters. The highest BCUT2D eigenvalue weighted by atomic mass is 15.1. The van der Waals surface area contributed by atoms with Crippen LogP contribution in [0.3, 0.4) is 0 Å². The van der Waals surface area contributed by atoms with E-state index in [2.05, 4.69) is 50.9 Å². The number of rotatable bonds is 4. The summed E-state index contributed by atoms with van der Waals surface area (Å²) in [6.45, 7) is 13.6. The third-order valence-electron chi connectivity index (χ3n) is 2.44. The van der Waals surface area contributed by atoms with Crippen molar-refractivity contribution in [2.45, 2.75) is 6.92 Å². The first-order chi connectivity index (χ1) is 7.06. The highest BCUT2D eigenvalue weighted by Gasteiger charge is 2.05. The average Bonchev–Trinajstić information content (AvgIpc) is 2.27. The minimum atomic E-state index is 0.845. The molecule has 0 saturated heterocycles. The monoisotopic (exact) mass is 199 g/mol. The van der Waals surface area contributed by atoms with Gasteiger partial charge < -0.3 is 4.90 Å². The zero-order chi connectivity index (χ0) is 11.4. The Balaban J connectivity index is 2.89. The Morgan fingerprint density at radius 3 is 2.20 bits per heavy atom. The predicted molar refractivity (Wildman–Crippen MR) is 68.1 cm³/mol. The molecule has 1 rings (SSSR count). The smallest absolute Gasteiger partial charge is 0.0408 e. The summed E-state index contributed by atoms with van der Waals surface area (Å²) >= 11 is 0. The van der Waals surface area contributed by atoms with Crippen LogP contribution in [-0.4, -0.2) is 7.05 Å². The van der Waals surface area contributed by atoms with Gasteiger partial charge in [-0.3, -0.25) is 0 Å². The average molecular weight is 199 g/mol. The molecule has 0 fully saturated rings. The molecular weight excluding hydrogens is 182 g/mol. The largest absolute Gasteiger partial charge is 0.345 e. The van der Waals surface area contributed by atoms with Crippen LogP contribution in [0, 0.1) is 6.92 Å². The van der Waals surface area contributed by atoms with Crippen LogP contribution < -0.4 is 4.90 Å². The van der Waals surface area contributed by atoms with Crippen molar-refractivity contribution in [3.63, 3.8) is 0 Å². The second kappa shape index (κ2) is 4.65. The third kappa shape index (κ3) is 2.59. The first-order valence-electron chi connectivity index (χ1n) is 4.87. The summed E-state index contributed by atoms with van der Waals surface area (Å²) in [5.74, 6) is 0. The van der Waals surface area contributed by atoms with Crippen molar-refractivity contribution in [3.8, 4) is 0 Å². The number of benzene rings is 1. The molecule has 0 aliphatic rings. The second-order valence-corrected chi connectivity index (χ2v) is 3.57. The van der Waals surface area contributed by atoms with E-state index in [4.69, 9.17) is 0 Å². The molecule has 1 aromatic carbocycles. The molecule has 1 heteroatoms. The lowest BCUT2D eigenvalue weighted by molar-refractivity contribution is 1.12. The lowest BCUT2D eigenvalue weighted by Gasteiger charge is -2.22. The number of allylic oxidation sites excluding steroid dienone is 1. The summed E-state index contributed by atoms with van der Waals surface area (Å²) in [5, 5.41) is 0. The van der Waals surface area contributed by atoms with E-state index in [1.165, 1.54) is 5.56 Å². The molecule has 15 heavy (non-hydrogen) atoms. The minimum absolute atomic E-state index is 0.845. The third-order valence-corrected chi connectivity index (χ3v) is 2.44. The van der Waals surface area contributed by atoms with Gasteiger partial charge in [-0.15, -0.1) is 0 Å². The van der Waals surface area contributed by atoms with E-state index < -0.39 is 0 Å². The predicted octanol–water partition coefficient (Wildman–Crippen LogP) is 3.69. The van der Waals surface area contributed by atoms with Gasteiger partial charge in [-0.25, -0.2) is 0 Å². The summed E-state index contributed by atoms with van der Waals surface area (Å²) in [6.07, 6.45) is 1.72. The van der Waals surface area contributed by atoms with Crippen LogP contribution in [0.4, 0.5) is 5.69 Å². The molecule has 1 aromatic rings. The van der Waals surface area contributed by atoms with Crippen LogP contribution in [0.1, 0.15) is 5.56 Å². The molecule has 78 valence electrons. The van der Waals surface area contributed by atoms with Crippen molar-refractivity contribution in [1.29, 1.82) is 0 Å². The van der Waals surface area contributed by atoms with Crippen molar-refractivity contribution >= 4 is 5.69 Å². The standard InChI is InChI=1S/C14H17N/c1-6-12(3)13(4)15(5)14-9-7-11(2)8-10-14/h6-10H,1,3-4H2,2,5H3. The van der Waals surface area contributed by atoms with Crippen LogP contribution in [0.15, 0.2) is 61.3 Å². The number of likely N-dealkylation sites (N-methyl/N-ethyl adjacent to an activating group) is 1. The lowest BCUT2D eigenvalue weighted by Crippen LogP contribution is -2.16. The van der Waals surface area contributed by atoms with E-state index in [1.807, 2.05) is 11.9 Å². The van der Waals surface area contributed by atoms with E-state index in [9.17, 15) is 0 Å². The lowest BCUT2D eigenvalue weighted by atomic mass is 10.1. The minimum Gasteiger partial charge on any atom is -0.345 e. The second-order valence-electron chi connectivity index (χ2n) is 3.57. The maximum absolute atomic E-state index is 3.98. The molecule has 0 aliphatic heterocycles. The van der Waals surface area contributed by atoms with Gasteiger partial charge >= 0.3 is 0 Å². The van der Waals surface area contributed by atoms with Crippen molar-refractivity contribution in [3.05, 3.63) is 66.9 Å². The Labute approximate surface area is 92.0 Å². The topological polar surface area (TPSA) is 3.24 Å². The molecule has 0 radical (unpaired) electrons. The summed E-state index contributed by atoms with van der Waals surface area (Å²) in [6, 6.07) is 8.29. The Hall–Kier alpha value is -1.76. The zero-order valence-electron chi connectivity index (χ0n) is 9.46. The van der Waals surface area contributed by atoms with Crippen LogP contribution >= 0.6 is 0 Å². The molecule has 0 heterocycles. The molecule has 0 unspecified atom stereocenters. The first kappa shape index (κ1) is 11.3. The van der Waals surface area contributed by atoms with E-state index >= 15 is 0 Å². The Bertz CT molecular complexity index is 384. The van der Waals surface area contributed by atoms with Crippen LogP contribution in [0.2, 0.25) is 0 Å². The molecule has 0 aliphatic carbocycles. The molecule has 0 bridgehead atoms. The molecule has 0 amide bonds. The Morgan fingerprint density at radius 1 is 1.20 bits per heavy atom. The van der Waals surface area contributed by atoms with Gasteiger partial charge in [0, 0.05) is 18.4 Å². The van der Waals surface area contributed by atoms with Gasteiger partial charge in [0.1, 0.15) is 0 Å². The summed E-state index contributed by atoms with van der Waals surface area (Å²) < 4.78 is 0. The number of hydrogen-bond acceptors (Lipinski definition) is 1. The van der Waals surface area contributed by atoms with Gasteiger partial charge in [-0.05, 0) is 24.6 Å². The highest BCUT2D eigenvalue weighted by Crippen LogP contribution is 2.20. The van der Waals surface area contributed by atoms with Gasteiger partial charge in [-0.2, -0.15) is 0 Å². The number of aryl methyl sites for hydroxylation is 1. The SMILES string of the molecule is C=CC(=C)C(=C)N(C)c1ccc(C)cc1. The maximum atomic E-state index is 3.98. The van der Waals surface area contributed by atoms with Gasteiger partial charge in [-0.1, -0.05) is 43.5 Å². The van der Waals surface area contributed by atoms with Crippen LogP contribution in [0.25, 0.3) is 0 Å². The van der Waals surface area contributed by atoms with Crippen molar-refractivity contribution in [1.82, 2.24) is 0 Å². The van der Waals surface area contributed by atoms with E-state index in [1.54, 1.807) is 6.08 Å². The van der Waals surface area contributed by atoms with E-state index in [0.29, 0.717) is 0 Å². The Kier molecular flexibility index (Phi) is 3.51. The number of nitrogens with zero attached hydrogens (tertiary/aromatic N) is 1. The number of hydrogen-bond donors (Lipinski definition) is 0. The van der Waals surface area contributed by atoms with Gasteiger partial charge in [0.05, 0.1) is 0 Å². The fourth-order valence-electron chi connectivity index (χ4n) is 1.26. The molecule has 0 spiro atoms. The van der Waals surface area contributed by atoms with E-state index in [-0.39, 0.29) is 0 Å². The summed E-state index contributed by atoms with van der Waals surface area (Å²) in [7, 11) is 1.97. The molecular formula is C14H17N. The molecule has 1 nitrogen and oxygen atoms in total. The molecule has 0 aromatic heterocycles. The fraction of sp³-hybridized carbons (Fsp3) is 0.143. The van der Waals surface area contributed by atoms with Gasteiger partial charge in [0.25, 0.3) is 0 Å². The van der Waals surface area contributed by atoms with Crippen molar-refractivity contribution in [2.75, 3.05) is 11.9 Å². The van der Waals surface area contributed by atoms with Gasteiger partial charge in [0.15, 0.2) is 0 Å². The summed E-state index contributed by atoms with van der Waals surface area (Å²) in [5.41, 5.74) is 4.07. The van der Waals surface area contributed by atoms with Crippen LogP contribution in [-0.2, 0) is 0 Å². The normalized spacial score (nSPS) is 9.47. The fourth-order valence-corrected chi connectivity index (χ4v) is 1.26. The first-order valence-corrected chi connectivity index (χ1v) is 4.87. The molecule has 0 saturated carbocycles.